The minimum absolute atomic E-state index is 0.0892. The molecule has 0 N–H and O–H groups in total. The van der Waals surface area contributed by atoms with Crippen molar-refractivity contribution in [2.45, 2.75) is 26.3 Å². The Bertz CT molecular complexity index is 1090. The molecule has 0 unspecified atom stereocenters. The highest BCUT2D eigenvalue weighted by Gasteiger charge is 2.28. The van der Waals surface area contributed by atoms with Gasteiger partial charge in [0.2, 0.25) is 0 Å². The van der Waals surface area contributed by atoms with E-state index in [1.807, 2.05) is 43.3 Å². The van der Waals surface area contributed by atoms with E-state index in [-0.39, 0.29) is 5.78 Å². The topological polar surface area (TPSA) is 29.5 Å². The van der Waals surface area contributed by atoms with Crippen LogP contribution in [-0.4, -0.2) is 51.6 Å². The Kier molecular flexibility index (Phi) is 5.60. The predicted molar refractivity (Wildman–Crippen MR) is 126 cm³/mol. The zero-order valence-corrected chi connectivity index (χ0v) is 19.4. The van der Waals surface area contributed by atoms with E-state index in [2.05, 4.69) is 26.1 Å². The minimum atomic E-state index is 0.0892. The SMILES string of the molecule is COc1ccc2c(C(=O)c3ccc(C[N+]4(C)CCCC4)c(C)c3)c(N(C)C)sc2c1. The number of carbonyl (C=O) groups is 1. The number of anilines is 1. The number of likely N-dealkylation sites (tertiary alicyclic amines) is 1. The highest BCUT2D eigenvalue weighted by atomic mass is 32.1. The van der Waals surface area contributed by atoms with Crippen molar-refractivity contribution in [3.05, 3.63) is 58.7 Å². The van der Waals surface area contributed by atoms with E-state index >= 15 is 0 Å². The van der Waals surface area contributed by atoms with Crippen molar-refractivity contribution in [1.82, 2.24) is 0 Å². The van der Waals surface area contributed by atoms with Gasteiger partial charge >= 0.3 is 0 Å². The fraction of sp³-hybridized carbons (Fsp3) is 0.400. The number of ether oxygens (including phenoxy) is 1. The van der Waals surface area contributed by atoms with E-state index in [1.54, 1.807) is 18.4 Å². The van der Waals surface area contributed by atoms with Gasteiger partial charge < -0.3 is 14.1 Å². The first kappa shape index (κ1) is 20.9. The van der Waals surface area contributed by atoms with Gasteiger partial charge in [0.25, 0.3) is 0 Å². The minimum Gasteiger partial charge on any atom is -0.497 e. The summed E-state index contributed by atoms with van der Waals surface area (Å²) >= 11 is 1.64. The molecule has 1 aliphatic rings. The Morgan fingerprint density at radius 2 is 1.87 bits per heavy atom. The molecule has 1 fully saturated rings. The van der Waals surface area contributed by atoms with Crippen molar-refractivity contribution < 1.29 is 14.0 Å². The van der Waals surface area contributed by atoms with Gasteiger partial charge in [-0.3, -0.25) is 4.79 Å². The Balaban J connectivity index is 1.71. The Morgan fingerprint density at radius 1 is 1.13 bits per heavy atom. The van der Waals surface area contributed by atoms with Crippen LogP contribution in [0, 0.1) is 6.92 Å². The number of hydrogen-bond donors (Lipinski definition) is 0. The second-order valence-electron chi connectivity index (χ2n) is 8.94. The molecule has 4 nitrogen and oxygen atoms in total. The lowest BCUT2D eigenvalue weighted by Crippen LogP contribution is -2.40. The molecular weight excluding hydrogens is 392 g/mol. The number of quaternary nitrogens is 1. The summed E-state index contributed by atoms with van der Waals surface area (Å²) in [5.41, 5.74) is 4.11. The van der Waals surface area contributed by atoms with E-state index in [1.165, 1.54) is 37.1 Å². The number of rotatable bonds is 6. The van der Waals surface area contributed by atoms with Crippen LogP contribution in [0.15, 0.2) is 36.4 Å². The lowest BCUT2D eigenvalue weighted by molar-refractivity contribution is -0.910. The highest BCUT2D eigenvalue weighted by Crippen LogP contribution is 2.40. The van der Waals surface area contributed by atoms with E-state index in [9.17, 15) is 4.79 Å². The van der Waals surface area contributed by atoms with Crippen molar-refractivity contribution in [2.24, 2.45) is 0 Å². The zero-order chi connectivity index (χ0) is 21.5. The number of fused-ring (bicyclic) bond motifs is 1. The molecule has 0 radical (unpaired) electrons. The molecular formula is C25H31N2O2S+. The normalized spacial score (nSPS) is 15.5. The first-order valence-electron chi connectivity index (χ1n) is 10.6. The third-order valence-corrected chi connectivity index (χ3v) is 7.63. The van der Waals surface area contributed by atoms with Gasteiger partial charge in [-0.15, -0.1) is 11.3 Å². The fourth-order valence-electron chi connectivity index (χ4n) is 4.55. The quantitative estimate of drug-likeness (QED) is 0.400. The zero-order valence-electron chi connectivity index (χ0n) is 18.6. The van der Waals surface area contributed by atoms with Crippen molar-refractivity contribution >= 4 is 32.2 Å². The third-order valence-electron chi connectivity index (χ3n) is 6.31. The van der Waals surface area contributed by atoms with E-state index in [4.69, 9.17) is 4.74 Å². The van der Waals surface area contributed by atoms with Crippen LogP contribution in [0.5, 0.6) is 5.75 Å². The molecule has 5 heteroatoms. The van der Waals surface area contributed by atoms with Crippen molar-refractivity contribution in [2.75, 3.05) is 46.2 Å². The number of thiophene rings is 1. The highest BCUT2D eigenvalue weighted by molar-refractivity contribution is 7.23. The molecule has 0 aliphatic carbocycles. The van der Waals surface area contributed by atoms with E-state index < -0.39 is 0 Å². The van der Waals surface area contributed by atoms with Crippen LogP contribution < -0.4 is 9.64 Å². The molecule has 0 bridgehead atoms. The van der Waals surface area contributed by atoms with Gasteiger partial charge in [-0.25, -0.2) is 0 Å². The lowest BCUT2D eigenvalue weighted by Gasteiger charge is -2.30. The van der Waals surface area contributed by atoms with Crippen molar-refractivity contribution in [1.29, 1.82) is 0 Å². The number of aryl methyl sites for hydroxylation is 1. The van der Waals surface area contributed by atoms with Crippen molar-refractivity contribution in [3.8, 4) is 5.75 Å². The molecule has 3 aromatic rings. The maximum Gasteiger partial charge on any atom is 0.196 e. The average Bonchev–Trinajstić information content (AvgIpc) is 3.32. The second kappa shape index (κ2) is 8.05. The van der Waals surface area contributed by atoms with Crippen LogP contribution in [0.4, 0.5) is 5.00 Å². The van der Waals surface area contributed by atoms with Crippen LogP contribution in [0.3, 0.4) is 0 Å². The van der Waals surface area contributed by atoms with E-state index in [0.717, 1.165) is 43.0 Å². The molecule has 0 amide bonds. The van der Waals surface area contributed by atoms with Crippen LogP contribution in [0.1, 0.15) is 39.9 Å². The van der Waals surface area contributed by atoms with Crippen LogP contribution in [0.2, 0.25) is 0 Å². The Morgan fingerprint density at radius 3 is 2.50 bits per heavy atom. The molecule has 4 rings (SSSR count). The van der Waals surface area contributed by atoms with Gasteiger partial charge in [-0.05, 0) is 36.8 Å². The molecule has 1 aliphatic heterocycles. The molecule has 0 saturated carbocycles. The maximum absolute atomic E-state index is 13.6. The summed E-state index contributed by atoms with van der Waals surface area (Å²) < 4.78 is 7.55. The number of hydrogen-bond acceptors (Lipinski definition) is 4. The van der Waals surface area contributed by atoms with E-state index in [0.29, 0.717) is 0 Å². The number of carbonyl (C=O) groups excluding carboxylic acids is 1. The number of benzene rings is 2. The summed E-state index contributed by atoms with van der Waals surface area (Å²) in [7, 11) is 8.00. The second-order valence-corrected chi connectivity index (χ2v) is 9.97. The number of nitrogens with zero attached hydrogens (tertiary/aromatic N) is 2. The summed E-state index contributed by atoms with van der Waals surface area (Å²) in [6.07, 6.45) is 2.63. The third kappa shape index (κ3) is 3.84. The fourth-order valence-corrected chi connectivity index (χ4v) is 5.70. The summed E-state index contributed by atoms with van der Waals surface area (Å²) in [4.78, 5) is 15.6. The van der Waals surface area contributed by atoms with Gasteiger partial charge in [0.1, 0.15) is 17.3 Å². The molecule has 1 saturated heterocycles. The standard InChI is InChI=1S/C25H31N2O2S/c1-17-14-18(8-9-19(17)16-27(4)12-6-7-13-27)24(28)23-21-11-10-20(29-5)15-22(21)30-25(23)26(2)3/h8-11,14-15H,6-7,12-13,16H2,1-5H3/q+1. The summed E-state index contributed by atoms with van der Waals surface area (Å²) in [5, 5.41) is 1.98. The maximum atomic E-state index is 13.6. The number of methoxy groups -OCH3 is 1. The molecule has 0 spiro atoms. The van der Waals surface area contributed by atoms with Gasteiger partial charge in [0.15, 0.2) is 5.78 Å². The molecule has 30 heavy (non-hydrogen) atoms. The molecule has 2 heterocycles. The predicted octanol–water partition coefficient (Wildman–Crippen LogP) is 5.26. The first-order chi connectivity index (χ1) is 14.3. The van der Waals surface area contributed by atoms with Gasteiger partial charge in [-0.1, -0.05) is 12.1 Å². The van der Waals surface area contributed by atoms with Crippen LogP contribution >= 0.6 is 11.3 Å². The van der Waals surface area contributed by atoms with Gasteiger partial charge in [0.05, 0.1) is 32.8 Å². The van der Waals surface area contributed by atoms with Crippen molar-refractivity contribution in [3.63, 3.8) is 0 Å². The molecule has 0 atom stereocenters. The smallest absolute Gasteiger partial charge is 0.196 e. The largest absolute Gasteiger partial charge is 0.497 e. The molecule has 1 aromatic heterocycles. The van der Waals surface area contributed by atoms with Crippen LogP contribution in [0.25, 0.3) is 10.1 Å². The Labute approximate surface area is 183 Å². The molecule has 2 aromatic carbocycles. The summed E-state index contributed by atoms with van der Waals surface area (Å²) in [6.45, 7) is 5.68. The van der Waals surface area contributed by atoms with Gasteiger partial charge in [0, 0.05) is 48.2 Å². The first-order valence-corrected chi connectivity index (χ1v) is 11.4. The van der Waals surface area contributed by atoms with Gasteiger partial charge in [-0.2, -0.15) is 0 Å². The summed E-state index contributed by atoms with van der Waals surface area (Å²) in [6, 6.07) is 12.2. The van der Waals surface area contributed by atoms with Crippen LogP contribution in [-0.2, 0) is 6.54 Å². The average molecular weight is 424 g/mol. The monoisotopic (exact) mass is 423 g/mol. The lowest BCUT2D eigenvalue weighted by atomic mass is 9.97. The summed E-state index contributed by atoms with van der Waals surface area (Å²) in [5.74, 6) is 0.901. The molecule has 158 valence electrons. The number of ketones is 1. The Hall–Kier alpha value is -2.37.